The van der Waals surface area contributed by atoms with Gasteiger partial charge >= 0.3 is 68.9 Å². The average molecular weight is 221 g/mol. The van der Waals surface area contributed by atoms with Gasteiger partial charge in [-0.25, -0.2) is 0 Å². The van der Waals surface area contributed by atoms with Gasteiger partial charge in [0.2, 0.25) is 0 Å². The predicted octanol–water partition coefficient (Wildman–Crippen LogP) is -4.91. The van der Waals surface area contributed by atoms with Crippen LogP contribution < -0.4 is 79.7 Å². The van der Waals surface area contributed by atoms with Gasteiger partial charge in [-0.2, -0.15) is 0 Å². The summed E-state index contributed by atoms with van der Waals surface area (Å²) in [4.78, 5) is 9.46. The summed E-state index contributed by atoms with van der Waals surface area (Å²) in [5.74, 6) is -1.21. The minimum absolute atomic E-state index is 0. The molecule has 0 spiro atoms. The molecule has 0 saturated carbocycles. The average Bonchev–Trinajstić information content (AvgIpc) is 1.36. The van der Waals surface area contributed by atoms with Crippen molar-refractivity contribution in [3.05, 3.63) is 0 Å². The topological polar surface area (TPSA) is 66.2 Å². The number of carbonyl (C=O) groups excluding carboxylic acids is 1. The first kappa shape index (κ1) is 11.3. The third-order valence-electron chi connectivity index (χ3n) is 0.372. The molecule has 1 atom stereocenters. The molecule has 2 N–H and O–H groups in total. The van der Waals surface area contributed by atoms with Gasteiger partial charge < -0.3 is 15.6 Å². The SMILES string of the molecule is C[C@H](N)C(=O)[O-].[Cs+]. The molecule has 0 aromatic heterocycles. The number of nitrogens with two attached hydrogens (primary N) is 1. The van der Waals surface area contributed by atoms with Crippen LogP contribution >= 0.6 is 0 Å². The van der Waals surface area contributed by atoms with Crippen molar-refractivity contribution in [2.75, 3.05) is 0 Å². The van der Waals surface area contributed by atoms with Crippen molar-refractivity contribution in [2.45, 2.75) is 13.0 Å². The first-order valence-electron chi connectivity index (χ1n) is 1.61. The van der Waals surface area contributed by atoms with E-state index in [4.69, 9.17) is 5.73 Å². The largest absolute Gasteiger partial charge is 1.00 e. The molecule has 4 heteroatoms. The van der Waals surface area contributed by atoms with E-state index in [1.807, 2.05) is 0 Å². The number of hydrogen-bond acceptors (Lipinski definition) is 3. The van der Waals surface area contributed by atoms with Crippen molar-refractivity contribution in [3.8, 4) is 0 Å². The van der Waals surface area contributed by atoms with E-state index in [9.17, 15) is 9.90 Å². The fraction of sp³-hybridized carbons (Fsp3) is 0.667. The van der Waals surface area contributed by atoms with Crippen molar-refractivity contribution >= 4 is 5.97 Å². The molecule has 0 aromatic rings. The third-order valence-corrected chi connectivity index (χ3v) is 0.372. The van der Waals surface area contributed by atoms with Crippen LogP contribution in [0.4, 0.5) is 0 Å². The maximum absolute atomic E-state index is 9.46. The second-order valence-corrected chi connectivity index (χ2v) is 1.11. The summed E-state index contributed by atoms with van der Waals surface area (Å²) >= 11 is 0. The van der Waals surface area contributed by atoms with Gasteiger partial charge in [0.05, 0.1) is 5.97 Å². The van der Waals surface area contributed by atoms with Crippen molar-refractivity contribution in [1.29, 1.82) is 0 Å². The van der Waals surface area contributed by atoms with Crippen LogP contribution in [0.15, 0.2) is 0 Å². The molecule has 0 unspecified atom stereocenters. The van der Waals surface area contributed by atoms with Crippen LogP contribution in [-0.4, -0.2) is 12.0 Å². The zero-order chi connectivity index (χ0) is 5.15. The number of hydrogen-bond donors (Lipinski definition) is 1. The molecule has 0 aliphatic carbocycles. The Morgan fingerprint density at radius 3 is 2.00 bits per heavy atom. The maximum atomic E-state index is 9.46. The Morgan fingerprint density at radius 2 is 2.00 bits per heavy atom. The molecule has 3 nitrogen and oxygen atoms in total. The van der Waals surface area contributed by atoms with Crippen LogP contribution in [0.3, 0.4) is 0 Å². The number of aliphatic carboxylic acids is 1. The zero-order valence-electron chi connectivity index (χ0n) is 4.47. The van der Waals surface area contributed by atoms with Crippen molar-refractivity contribution in [3.63, 3.8) is 0 Å². The first-order chi connectivity index (χ1) is 2.64. The van der Waals surface area contributed by atoms with E-state index in [0.29, 0.717) is 0 Å². The quantitative estimate of drug-likeness (QED) is 0.482. The summed E-state index contributed by atoms with van der Waals surface area (Å²) in [6, 6.07) is -0.843. The standard InChI is InChI=1S/C3H7NO2.Cs/c1-2(4)3(5)6;/h2H,4H2,1H3,(H,5,6);/q;+1/p-1/t2-;/m0./s1. The van der Waals surface area contributed by atoms with E-state index in [0.717, 1.165) is 0 Å². The van der Waals surface area contributed by atoms with E-state index in [-0.39, 0.29) is 68.9 Å². The monoisotopic (exact) mass is 221 g/mol. The molecule has 0 aromatic carbocycles. The van der Waals surface area contributed by atoms with E-state index >= 15 is 0 Å². The van der Waals surface area contributed by atoms with Crippen LogP contribution in [0.25, 0.3) is 0 Å². The van der Waals surface area contributed by atoms with Crippen molar-refractivity contribution < 1.29 is 78.8 Å². The van der Waals surface area contributed by atoms with Gasteiger partial charge in [-0.3, -0.25) is 0 Å². The second kappa shape index (κ2) is 5.62. The summed E-state index contributed by atoms with van der Waals surface area (Å²) < 4.78 is 0. The maximum Gasteiger partial charge on any atom is 1.00 e. The van der Waals surface area contributed by atoms with Gasteiger partial charge in [-0.15, -0.1) is 0 Å². The fourth-order valence-electron chi connectivity index (χ4n) is 0. The molecule has 0 aliphatic heterocycles. The van der Waals surface area contributed by atoms with Gasteiger partial charge in [-0.05, 0) is 6.92 Å². The van der Waals surface area contributed by atoms with Crippen LogP contribution in [-0.2, 0) is 4.79 Å². The Morgan fingerprint density at radius 1 is 1.86 bits per heavy atom. The van der Waals surface area contributed by atoms with E-state index in [1.165, 1.54) is 6.92 Å². The number of rotatable bonds is 1. The van der Waals surface area contributed by atoms with Crippen LogP contribution in [0.1, 0.15) is 6.92 Å². The number of carboxylic acids is 1. The Balaban J connectivity index is 0. The molecule has 0 radical (unpaired) electrons. The fourth-order valence-corrected chi connectivity index (χ4v) is 0. The molecule has 0 saturated heterocycles. The molecule has 0 bridgehead atoms. The smallest absolute Gasteiger partial charge is 0.548 e. The van der Waals surface area contributed by atoms with Gasteiger partial charge in [0.25, 0.3) is 0 Å². The Hall–Kier alpha value is 1.48. The zero-order valence-corrected chi connectivity index (χ0v) is 10.8. The summed E-state index contributed by atoms with van der Waals surface area (Å²) in [6.45, 7) is 1.36. The Labute approximate surface area is 101 Å². The Kier molecular flexibility index (Phi) is 9.07. The molecular formula is C3H6CsNO2. The third kappa shape index (κ3) is 7.48. The van der Waals surface area contributed by atoms with Crippen molar-refractivity contribution in [2.24, 2.45) is 5.73 Å². The normalized spacial score (nSPS) is 11.7. The van der Waals surface area contributed by atoms with E-state index in [2.05, 4.69) is 0 Å². The summed E-state index contributed by atoms with van der Waals surface area (Å²) in [6.07, 6.45) is 0. The Bertz CT molecular complexity index is 64.0. The molecule has 7 heavy (non-hydrogen) atoms. The summed E-state index contributed by atoms with van der Waals surface area (Å²) in [7, 11) is 0. The van der Waals surface area contributed by atoms with Crippen LogP contribution in [0.2, 0.25) is 0 Å². The molecule has 0 aliphatic rings. The molecular weight excluding hydrogens is 215 g/mol. The van der Waals surface area contributed by atoms with Crippen molar-refractivity contribution in [1.82, 2.24) is 0 Å². The van der Waals surface area contributed by atoms with Gasteiger partial charge in [0.1, 0.15) is 0 Å². The first-order valence-corrected chi connectivity index (χ1v) is 1.61. The molecule has 0 fully saturated rings. The molecule has 0 rings (SSSR count). The number of carboxylic acid groups (broad SMARTS) is 1. The second-order valence-electron chi connectivity index (χ2n) is 1.11. The van der Waals surface area contributed by atoms with Gasteiger partial charge in [-0.1, -0.05) is 0 Å². The number of carbonyl (C=O) groups is 1. The van der Waals surface area contributed by atoms with E-state index in [1.54, 1.807) is 0 Å². The van der Waals surface area contributed by atoms with Crippen LogP contribution in [0, 0.1) is 0 Å². The van der Waals surface area contributed by atoms with Gasteiger partial charge in [0, 0.05) is 6.04 Å². The molecule has 36 valence electrons. The summed E-state index contributed by atoms with van der Waals surface area (Å²) in [5.41, 5.74) is 4.77. The predicted molar refractivity (Wildman–Crippen MR) is 18.7 cm³/mol. The van der Waals surface area contributed by atoms with E-state index < -0.39 is 12.0 Å². The van der Waals surface area contributed by atoms with Crippen LogP contribution in [0.5, 0.6) is 0 Å². The minimum atomic E-state index is -1.21. The minimum Gasteiger partial charge on any atom is -0.548 e. The molecule has 0 heterocycles. The van der Waals surface area contributed by atoms with Gasteiger partial charge in [0.15, 0.2) is 0 Å². The summed E-state index contributed by atoms with van der Waals surface area (Å²) in [5, 5.41) is 9.46. The molecule has 0 amide bonds.